The van der Waals surface area contributed by atoms with Gasteiger partial charge in [0.05, 0.1) is 5.92 Å². The number of nitrogens with one attached hydrogen (secondary N) is 2. The highest BCUT2D eigenvalue weighted by atomic mass is 19.1. The van der Waals surface area contributed by atoms with Crippen molar-refractivity contribution in [3.05, 3.63) is 30.1 Å². The van der Waals surface area contributed by atoms with Gasteiger partial charge >= 0.3 is 12.0 Å². The lowest BCUT2D eigenvalue weighted by Crippen LogP contribution is -2.37. The SMILES string of the molecule is CC(C)C(CNC(=O)Nc1cccc(F)c1)C(=O)O. The highest BCUT2D eigenvalue weighted by Gasteiger charge is 2.21. The van der Waals surface area contributed by atoms with E-state index in [0.717, 1.165) is 0 Å². The van der Waals surface area contributed by atoms with Crippen LogP contribution < -0.4 is 10.6 Å². The summed E-state index contributed by atoms with van der Waals surface area (Å²) in [6.07, 6.45) is 0. The molecule has 0 aromatic heterocycles. The van der Waals surface area contributed by atoms with Crippen LogP contribution in [-0.2, 0) is 4.79 Å². The van der Waals surface area contributed by atoms with Gasteiger partial charge in [0, 0.05) is 12.2 Å². The summed E-state index contributed by atoms with van der Waals surface area (Å²) in [5.74, 6) is -2.16. The highest BCUT2D eigenvalue weighted by molar-refractivity contribution is 5.89. The van der Waals surface area contributed by atoms with Gasteiger partial charge in [-0.2, -0.15) is 0 Å². The van der Waals surface area contributed by atoms with Gasteiger partial charge in [0.25, 0.3) is 0 Å². The van der Waals surface area contributed by atoms with Gasteiger partial charge in [-0.1, -0.05) is 19.9 Å². The molecule has 3 N–H and O–H groups in total. The molecule has 0 aliphatic heterocycles. The first-order valence-electron chi connectivity index (χ1n) is 5.93. The Hall–Kier alpha value is -2.11. The van der Waals surface area contributed by atoms with E-state index in [4.69, 9.17) is 5.11 Å². The van der Waals surface area contributed by atoms with Crippen molar-refractivity contribution in [3.63, 3.8) is 0 Å². The summed E-state index contributed by atoms with van der Waals surface area (Å²) in [6.45, 7) is 3.56. The Bertz CT molecular complexity index is 463. The molecule has 0 heterocycles. The Morgan fingerprint density at radius 2 is 2.05 bits per heavy atom. The highest BCUT2D eigenvalue weighted by Crippen LogP contribution is 2.11. The minimum Gasteiger partial charge on any atom is -0.481 e. The van der Waals surface area contributed by atoms with Crippen LogP contribution in [0.3, 0.4) is 0 Å². The van der Waals surface area contributed by atoms with E-state index < -0.39 is 23.7 Å². The fourth-order valence-electron chi connectivity index (χ4n) is 1.55. The molecule has 0 aliphatic rings. The van der Waals surface area contributed by atoms with Crippen LogP contribution in [-0.4, -0.2) is 23.7 Å². The zero-order valence-electron chi connectivity index (χ0n) is 10.8. The van der Waals surface area contributed by atoms with Gasteiger partial charge in [-0.15, -0.1) is 0 Å². The molecular weight excluding hydrogens is 251 g/mol. The second kappa shape index (κ2) is 6.72. The summed E-state index contributed by atoms with van der Waals surface area (Å²) in [5.41, 5.74) is 0.314. The molecule has 0 bridgehead atoms. The molecule has 1 atom stereocenters. The van der Waals surface area contributed by atoms with E-state index in [1.165, 1.54) is 18.2 Å². The average molecular weight is 268 g/mol. The lowest BCUT2D eigenvalue weighted by Gasteiger charge is -2.17. The molecule has 0 saturated carbocycles. The van der Waals surface area contributed by atoms with Crippen LogP contribution in [0.5, 0.6) is 0 Å². The predicted molar refractivity (Wildman–Crippen MR) is 69.4 cm³/mol. The number of aliphatic carboxylic acids is 1. The van der Waals surface area contributed by atoms with Gasteiger partial charge < -0.3 is 15.7 Å². The lowest BCUT2D eigenvalue weighted by atomic mass is 9.96. The van der Waals surface area contributed by atoms with Gasteiger partial charge in [-0.25, -0.2) is 9.18 Å². The number of carboxylic acid groups (broad SMARTS) is 1. The standard InChI is InChI=1S/C13H17FN2O3/c1-8(2)11(12(17)18)7-15-13(19)16-10-5-3-4-9(14)6-10/h3-6,8,11H,7H2,1-2H3,(H,17,18)(H2,15,16,19). The Kier molecular flexibility index (Phi) is 5.29. The van der Waals surface area contributed by atoms with Crippen LogP contribution in [0, 0.1) is 17.7 Å². The van der Waals surface area contributed by atoms with Crippen molar-refractivity contribution in [1.29, 1.82) is 0 Å². The number of urea groups is 1. The van der Waals surface area contributed by atoms with Crippen LogP contribution in [0.4, 0.5) is 14.9 Å². The normalized spacial score (nSPS) is 12.0. The van der Waals surface area contributed by atoms with E-state index in [9.17, 15) is 14.0 Å². The molecule has 0 radical (unpaired) electrons. The van der Waals surface area contributed by atoms with Gasteiger partial charge in [0.2, 0.25) is 0 Å². The molecule has 6 heteroatoms. The number of rotatable bonds is 5. The first kappa shape index (κ1) is 14.9. The monoisotopic (exact) mass is 268 g/mol. The minimum atomic E-state index is -0.957. The first-order valence-corrected chi connectivity index (χ1v) is 5.93. The van der Waals surface area contributed by atoms with Gasteiger partial charge in [-0.05, 0) is 24.1 Å². The first-order chi connectivity index (χ1) is 8.90. The Morgan fingerprint density at radius 1 is 1.37 bits per heavy atom. The number of hydrogen-bond donors (Lipinski definition) is 3. The molecule has 0 saturated heterocycles. The third-order valence-corrected chi connectivity index (χ3v) is 2.69. The fraction of sp³-hybridized carbons (Fsp3) is 0.385. The van der Waals surface area contributed by atoms with Crippen molar-refractivity contribution < 1.29 is 19.1 Å². The van der Waals surface area contributed by atoms with E-state index in [-0.39, 0.29) is 12.5 Å². The zero-order valence-corrected chi connectivity index (χ0v) is 10.8. The Labute approximate surface area is 110 Å². The number of carboxylic acids is 1. The van der Waals surface area contributed by atoms with Crippen molar-refractivity contribution in [2.75, 3.05) is 11.9 Å². The summed E-state index contributed by atoms with van der Waals surface area (Å²) in [4.78, 5) is 22.5. The molecule has 0 spiro atoms. The molecule has 0 aliphatic carbocycles. The summed E-state index contributed by atoms with van der Waals surface area (Å²) in [7, 11) is 0. The average Bonchev–Trinajstić information content (AvgIpc) is 2.27. The maximum atomic E-state index is 12.9. The van der Waals surface area contributed by atoms with Gasteiger partial charge in [-0.3, -0.25) is 4.79 Å². The van der Waals surface area contributed by atoms with Gasteiger partial charge in [0.15, 0.2) is 0 Å². The number of benzene rings is 1. The quantitative estimate of drug-likeness (QED) is 0.766. The van der Waals surface area contributed by atoms with Crippen molar-refractivity contribution in [3.8, 4) is 0 Å². The minimum absolute atomic E-state index is 0.0220. The predicted octanol–water partition coefficient (Wildman–Crippen LogP) is 2.30. The maximum Gasteiger partial charge on any atom is 0.319 e. The number of anilines is 1. The smallest absolute Gasteiger partial charge is 0.319 e. The molecule has 1 aromatic carbocycles. The largest absolute Gasteiger partial charge is 0.481 e. The third kappa shape index (κ3) is 4.95. The molecule has 1 unspecified atom stereocenters. The molecule has 1 aromatic rings. The topological polar surface area (TPSA) is 78.4 Å². The van der Waals surface area contributed by atoms with Crippen LogP contribution >= 0.6 is 0 Å². The summed E-state index contributed by atoms with van der Waals surface area (Å²) in [6, 6.07) is 4.90. The number of hydrogen-bond acceptors (Lipinski definition) is 2. The van der Waals surface area contributed by atoms with Crippen LogP contribution in [0.2, 0.25) is 0 Å². The van der Waals surface area contributed by atoms with Crippen LogP contribution in [0.15, 0.2) is 24.3 Å². The van der Waals surface area contributed by atoms with E-state index in [1.54, 1.807) is 19.9 Å². The second-order valence-corrected chi connectivity index (χ2v) is 4.53. The molecule has 2 amide bonds. The molecule has 104 valence electrons. The third-order valence-electron chi connectivity index (χ3n) is 2.69. The molecule has 0 fully saturated rings. The number of carbonyl (C=O) groups excluding carboxylic acids is 1. The summed E-state index contributed by atoms with van der Waals surface area (Å²) >= 11 is 0. The van der Waals surface area contributed by atoms with E-state index in [2.05, 4.69) is 10.6 Å². The Balaban J connectivity index is 2.50. The lowest BCUT2D eigenvalue weighted by molar-refractivity contribution is -0.142. The zero-order chi connectivity index (χ0) is 14.4. The Morgan fingerprint density at radius 3 is 2.58 bits per heavy atom. The summed E-state index contributed by atoms with van der Waals surface area (Å²) in [5, 5.41) is 13.9. The molecule has 19 heavy (non-hydrogen) atoms. The van der Waals surface area contributed by atoms with E-state index in [1.807, 2.05) is 0 Å². The molecule has 5 nitrogen and oxygen atoms in total. The van der Waals surface area contributed by atoms with Crippen molar-refractivity contribution in [2.24, 2.45) is 11.8 Å². The number of carbonyl (C=O) groups is 2. The second-order valence-electron chi connectivity index (χ2n) is 4.53. The van der Waals surface area contributed by atoms with Gasteiger partial charge in [0.1, 0.15) is 5.82 Å². The maximum absolute atomic E-state index is 12.9. The van der Waals surface area contributed by atoms with E-state index >= 15 is 0 Å². The van der Waals surface area contributed by atoms with Crippen molar-refractivity contribution in [1.82, 2.24) is 5.32 Å². The van der Waals surface area contributed by atoms with Crippen molar-refractivity contribution >= 4 is 17.7 Å². The van der Waals surface area contributed by atoms with Crippen LogP contribution in [0.25, 0.3) is 0 Å². The summed E-state index contributed by atoms with van der Waals surface area (Å²) < 4.78 is 12.9. The fourth-order valence-corrected chi connectivity index (χ4v) is 1.55. The number of amides is 2. The van der Waals surface area contributed by atoms with Crippen LogP contribution in [0.1, 0.15) is 13.8 Å². The molecule has 1 rings (SSSR count). The van der Waals surface area contributed by atoms with Crippen molar-refractivity contribution in [2.45, 2.75) is 13.8 Å². The molecular formula is C13H17FN2O3. The number of halogens is 1. The van der Waals surface area contributed by atoms with E-state index in [0.29, 0.717) is 5.69 Å².